The van der Waals surface area contributed by atoms with Gasteiger partial charge in [-0.1, -0.05) is 42.5 Å². The SMILES string of the molecule is CN(CC(=O)Nc1ccccc1Br)c1nc(-c2ccccc2)cs1. The van der Waals surface area contributed by atoms with E-state index in [0.717, 1.165) is 26.5 Å². The van der Waals surface area contributed by atoms with Crippen LogP contribution in [0.5, 0.6) is 0 Å². The van der Waals surface area contributed by atoms with Gasteiger partial charge in [0, 0.05) is 22.5 Å². The summed E-state index contributed by atoms with van der Waals surface area (Å²) < 4.78 is 0.863. The topological polar surface area (TPSA) is 45.2 Å². The van der Waals surface area contributed by atoms with Gasteiger partial charge < -0.3 is 10.2 Å². The van der Waals surface area contributed by atoms with Crippen molar-refractivity contribution in [3.8, 4) is 11.3 Å². The van der Waals surface area contributed by atoms with E-state index in [4.69, 9.17) is 0 Å². The summed E-state index contributed by atoms with van der Waals surface area (Å²) in [5.41, 5.74) is 2.76. The number of anilines is 2. The van der Waals surface area contributed by atoms with Gasteiger partial charge in [-0.25, -0.2) is 4.98 Å². The maximum absolute atomic E-state index is 12.2. The number of aromatic nitrogens is 1. The Balaban J connectivity index is 1.65. The summed E-state index contributed by atoms with van der Waals surface area (Å²) in [5.74, 6) is -0.0825. The van der Waals surface area contributed by atoms with E-state index in [9.17, 15) is 4.79 Å². The monoisotopic (exact) mass is 401 g/mol. The summed E-state index contributed by atoms with van der Waals surface area (Å²) in [6, 6.07) is 17.6. The smallest absolute Gasteiger partial charge is 0.243 e. The Hall–Kier alpha value is -2.18. The van der Waals surface area contributed by atoms with Crippen LogP contribution in [-0.2, 0) is 4.79 Å². The van der Waals surface area contributed by atoms with Crippen molar-refractivity contribution in [3.05, 3.63) is 64.5 Å². The number of thiazole rings is 1. The second-order valence-electron chi connectivity index (χ2n) is 5.27. The van der Waals surface area contributed by atoms with E-state index in [1.165, 1.54) is 11.3 Å². The predicted octanol–water partition coefficient (Wildman–Crippen LogP) is 4.65. The van der Waals surface area contributed by atoms with Gasteiger partial charge in [0.05, 0.1) is 17.9 Å². The van der Waals surface area contributed by atoms with Crippen LogP contribution in [0.2, 0.25) is 0 Å². The maximum atomic E-state index is 12.2. The number of likely N-dealkylation sites (N-methyl/N-ethyl adjacent to an activating group) is 1. The van der Waals surface area contributed by atoms with Crippen molar-refractivity contribution in [1.82, 2.24) is 4.98 Å². The number of amides is 1. The minimum absolute atomic E-state index is 0.0825. The van der Waals surface area contributed by atoms with Crippen LogP contribution in [-0.4, -0.2) is 24.5 Å². The number of carbonyl (C=O) groups is 1. The van der Waals surface area contributed by atoms with E-state index < -0.39 is 0 Å². The lowest BCUT2D eigenvalue weighted by atomic mass is 10.2. The van der Waals surface area contributed by atoms with E-state index in [1.54, 1.807) is 0 Å². The van der Waals surface area contributed by atoms with Crippen LogP contribution < -0.4 is 10.2 Å². The number of benzene rings is 2. The first-order valence-electron chi connectivity index (χ1n) is 7.40. The third-order valence-corrected chi connectivity index (χ3v) is 5.06. The standard InChI is InChI=1S/C18H16BrN3OS/c1-22(11-17(23)20-15-10-6-5-9-14(15)19)18-21-16(12-24-18)13-7-3-2-4-8-13/h2-10,12H,11H2,1H3,(H,20,23). The minimum atomic E-state index is -0.0825. The van der Waals surface area contributed by atoms with Crippen molar-refractivity contribution in [2.24, 2.45) is 0 Å². The third-order valence-electron chi connectivity index (χ3n) is 3.42. The van der Waals surface area contributed by atoms with E-state index in [2.05, 4.69) is 26.2 Å². The molecule has 0 saturated heterocycles. The molecular formula is C18H16BrN3OS. The van der Waals surface area contributed by atoms with Gasteiger partial charge in [-0.05, 0) is 28.1 Å². The molecule has 0 bridgehead atoms. The van der Waals surface area contributed by atoms with Gasteiger partial charge in [0.2, 0.25) is 5.91 Å². The summed E-state index contributed by atoms with van der Waals surface area (Å²) in [7, 11) is 1.87. The molecule has 0 spiro atoms. The zero-order valence-corrected chi connectivity index (χ0v) is 15.5. The molecule has 0 unspecified atom stereocenters. The molecule has 0 aliphatic rings. The number of carbonyl (C=O) groups excluding carboxylic acids is 1. The molecule has 3 aromatic rings. The number of rotatable bonds is 5. The Labute approximate surface area is 153 Å². The van der Waals surface area contributed by atoms with Crippen molar-refractivity contribution in [2.75, 3.05) is 23.8 Å². The van der Waals surface area contributed by atoms with Crippen LogP contribution in [0, 0.1) is 0 Å². The fraction of sp³-hybridized carbons (Fsp3) is 0.111. The summed E-state index contributed by atoms with van der Waals surface area (Å²) in [5, 5.41) is 5.72. The largest absolute Gasteiger partial charge is 0.342 e. The van der Waals surface area contributed by atoms with E-state index in [-0.39, 0.29) is 12.5 Å². The molecule has 0 radical (unpaired) electrons. The number of nitrogens with zero attached hydrogens (tertiary/aromatic N) is 2. The minimum Gasteiger partial charge on any atom is -0.342 e. The summed E-state index contributed by atoms with van der Waals surface area (Å²) in [6.45, 7) is 0.239. The lowest BCUT2D eigenvalue weighted by molar-refractivity contribution is -0.114. The van der Waals surface area contributed by atoms with Gasteiger partial charge in [-0.3, -0.25) is 4.79 Å². The molecule has 1 amide bonds. The Bertz CT molecular complexity index is 835. The second-order valence-corrected chi connectivity index (χ2v) is 6.96. The molecular weight excluding hydrogens is 386 g/mol. The first kappa shape index (κ1) is 16.7. The van der Waals surface area contributed by atoms with Gasteiger partial charge in [-0.15, -0.1) is 11.3 Å². The van der Waals surface area contributed by atoms with Gasteiger partial charge in [0.15, 0.2) is 5.13 Å². The quantitative estimate of drug-likeness (QED) is 0.676. The zero-order valence-electron chi connectivity index (χ0n) is 13.1. The molecule has 122 valence electrons. The van der Waals surface area contributed by atoms with E-state index >= 15 is 0 Å². The summed E-state index contributed by atoms with van der Waals surface area (Å²) in [4.78, 5) is 18.7. The van der Waals surface area contributed by atoms with Crippen molar-refractivity contribution in [2.45, 2.75) is 0 Å². The molecule has 0 aliphatic heterocycles. The number of nitrogens with one attached hydrogen (secondary N) is 1. The van der Waals surface area contributed by atoms with Crippen LogP contribution in [0.4, 0.5) is 10.8 Å². The maximum Gasteiger partial charge on any atom is 0.243 e. The summed E-state index contributed by atoms with van der Waals surface area (Å²) in [6.07, 6.45) is 0. The average molecular weight is 402 g/mol. The Morgan fingerprint density at radius 2 is 1.88 bits per heavy atom. The molecule has 2 aromatic carbocycles. The van der Waals surface area contributed by atoms with Crippen LogP contribution in [0.15, 0.2) is 64.5 Å². The van der Waals surface area contributed by atoms with Crippen LogP contribution in [0.1, 0.15) is 0 Å². The molecule has 1 heterocycles. The normalized spacial score (nSPS) is 10.4. The van der Waals surface area contributed by atoms with Gasteiger partial charge >= 0.3 is 0 Å². The molecule has 4 nitrogen and oxygen atoms in total. The van der Waals surface area contributed by atoms with Crippen molar-refractivity contribution in [1.29, 1.82) is 0 Å². The number of hydrogen-bond donors (Lipinski definition) is 1. The number of hydrogen-bond acceptors (Lipinski definition) is 4. The molecule has 0 fully saturated rings. The van der Waals surface area contributed by atoms with E-state index in [1.807, 2.05) is 71.9 Å². The fourth-order valence-electron chi connectivity index (χ4n) is 2.22. The average Bonchev–Trinajstić information content (AvgIpc) is 3.08. The second kappa shape index (κ2) is 7.59. The Kier molecular flexibility index (Phi) is 5.27. The molecule has 1 N–H and O–H groups in total. The molecule has 6 heteroatoms. The molecule has 1 aromatic heterocycles. The fourth-order valence-corrected chi connectivity index (χ4v) is 3.40. The molecule has 3 rings (SSSR count). The Morgan fingerprint density at radius 1 is 1.17 bits per heavy atom. The number of para-hydroxylation sites is 1. The first-order chi connectivity index (χ1) is 11.6. The van der Waals surface area contributed by atoms with Crippen molar-refractivity contribution < 1.29 is 4.79 Å². The lowest BCUT2D eigenvalue weighted by Gasteiger charge is -2.15. The van der Waals surface area contributed by atoms with Crippen molar-refractivity contribution >= 4 is 44.0 Å². The zero-order chi connectivity index (χ0) is 16.9. The first-order valence-corrected chi connectivity index (χ1v) is 9.07. The van der Waals surface area contributed by atoms with Gasteiger partial charge in [0.1, 0.15) is 0 Å². The molecule has 0 aliphatic carbocycles. The van der Waals surface area contributed by atoms with Crippen LogP contribution in [0.25, 0.3) is 11.3 Å². The highest BCUT2D eigenvalue weighted by Gasteiger charge is 2.13. The van der Waals surface area contributed by atoms with Crippen LogP contribution >= 0.6 is 27.3 Å². The summed E-state index contributed by atoms with van der Waals surface area (Å²) >= 11 is 4.96. The highest BCUT2D eigenvalue weighted by molar-refractivity contribution is 9.10. The highest BCUT2D eigenvalue weighted by Crippen LogP contribution is 2.27. The molecule has 24 heavy (non-hydrogen) atoms. The van der Waals surface area contributed by atoms with Gasteiger partial charge in [-0.2, -0.15) is 0 Å². The van der Waals surface area contributed by atoms with E-state index in [0.29, 0.717) is 0 Å². The highest BCUT2D eigenvalue weighted by atomic mass is 79.9. The molecule has 0 saturated carbocycles. The lowest BCUT2D eigenvalue weighted by Crippen LogP contribution is -2.30. The predicted molar refractivity (Wildman–Crippen MR) is 104 cm³/mol. The van der Waals surface area contributed by atoms with Gasteiger partial charge in [0.25, 0.3) is 0 Å². The molecule has 0 atom stereocenters. The Morgan fingerprint density at radius 3 is 2.62 bits per heavy atom. The van der Waals surface area contributed by atoms with Crippen LogP contribution in [0.3, 0.4) is 0 Å². The van der Waals surface area contributed by atoms with Crippen molar-refractivity contribution in [3.63, 3.8) is 0 Å². The third kappa shape index (κ3) is 4.01. The number of halogens is 1.